The Morgan fingerprint density at radius 3 is 2.47 bits per heavy atom. The van der Waals surface area contributed by atoms with Crippen molar-refractivity contribution in [3.63, 3.8) is 0 Å². The Kier molecular flexibility index (Phi) is 5.64. The van der Waals surface area contributed by atoms with E-state index < -0.39 is 21.2 Å². The van der Waals surface area contributed by atoms with Gasteiger partial charge in [-0.1, -0.05) is 11.6 Å². The average Bonchev–Trinajstić information content (AvgIpc) is 2.30. The fourth-order valence-electron chi connectivity index (χ4n) is 1.48. The van der Waals surface area contributed by atoms with Crippen LogP contribution in [0, 0.1) is 0 Å². The molecule has 1 rings (SSSR count). The highest BCUT2D eigenvalue weighted by Gasteiger charge is 2.17. The zero-order chi connectivity index (χ0) is 14.6. The Morgan fingerprint density at radius 2 is 1.95 bits per heavy atom. The van der Waals surface area contributed by atoms with Crippen molar-refractivity contribution >= 4 is 21.4 Å². The summed E-state index contributed by atoms with van der Waals surface area (Å²) in [4.78, 5) is 0. The van der Waals surface area contributed by atoms with Crippen LogP contribution >= 0.6 is 11.6 Å². The molecule has 0 aromatic heterocycles. The summed E-state index contributed by atoms with van der Waals surface area (Å²) in [5.41, 5.74) is 0.550. The smallest absolute Gasteiger partial charge is 0.155 e. The molecule has 1 N–H and O–H groups in total. The number of hydrogen-bond donors (Lipinski definition) is 1. The third-order valence-electron chi connectivity index (χ3n) is 2.77. The van der Waals surface area contributed by atoms with E-state index in [0.29, 0.717) is 16.3 Å². The van der Waals surface area contributed by atoms with Crippen molar-refractivity contribution in [2.75, 3.05) is 12.4 Å². The fourth-order valence-corrected chi connectivity index (χ4v) is 2.45. The van der Waals surface area contributed by atoms with Crippen LogP contribution < -0.4 is 4.74 Å². The Morgan fingerprint density at radius 1 is 1.32 bits per heavy atom. The zero-order valence-electron chi connectivity index (χ0n) is 11.3. The van der Waals surface area contributed by atoms with Crippen LogP contribution in [0.4, 0.5) is 0 Å². The Bertz CT molecular complexity index is 523. The Balaban J connectivity index is 2.74. The van der Waals surface area contributed by atoms with Gasteiger partial charge in [0.1, 0.15) is 12.4 Å². The van der Waals surface area contributed by atoms with Crippen LogP contribution in [0.5, 0.6) is 5.75 Å². The molecule has 0 spiro atoms. The molecule has 0 fully saturated rings. The van der Waals surface area contributed by atoms with E-state index in [-0.39, 0.29) is 12.4 Å². The molecule has 0 amide bonds. The first-order chi connectivity index (χ1) is 8.74. The molecule has 0 bridgehead atoms. The van der Waals surface area contributed by atoms with Gasteiger partial charge in [0.15, 0.2) is 9.84 Å². The molecule has 0 saturated heterocycles. The molecule has 108 valence electrons. The molecule has 0 unspecified atom stereocenters. The lowest BCUT2D eigenvalue weighted by Crippen LogP contribution is -2.22. The number of halogens is 1. The van der Waals surface area contributed by atoms with Gasteiger partial charge >= 0.3 is 0 Å². The Labute approximate surface area is 119 Å². The van der Waals surface area contributed by atoms with Gasteiger partial charge in [0, 0.05) is 10.6 Å². The predicted octanol–water partition coefficient (Wildman–Crippen LogP) is 2.60. The Hall–Kier alpha value is -0.780. The highest BCUT2D eigenvalue weighted by Crippen LogP contribution is 2.28. The minimum Gasteiger partial charge on any atom is -0.492 e. The average molecular weight is 307 g/mol. The predicted molar refractivity (Wildman–Crippen MR) is 76.5 cm³/mol. The molecule has 0 radical (unpaired) electrons. The van der Waals surface area contributed by atoms with Crippen molar-refractivity contribution in [1.29, 1.82) is 0 Å². The van der Waals surface area contributed by atoms with Crippen molar-refractivity contribution in [3.05, 3.63) is 28.8 Å². The SMILES string of the molecule is CC(C)S(=O)(=O)CCOc1ccc(Cl)cc1[C@H](C)O. The quantitative estimate of drug-likeness (QED) is 0.877. The number of ether oxygens (including phenoxy) is 1. The maximum Gasteiger partial charge on any atom is 0.155 e. The highest BCUT2D eigenvalue weighted by molar-refractivity contribution is 7.91. The van der Waals surface area contributed by atoms with Gasteiger partial charge in [0.25, 0.3) is 0 Å². The fraction of sp³-hybridized carbons (Fsp3) is 0.538. The van der Waals surface area contributed by atoms with Gasteiger partial charge < -0.3 is 9.84 Å². The molecule has 1 atom stereocenters. The summed E-state index contributed by atoms with van der Waals surface area (Å²) in [6.45, 7) is 4.93. The van der Waals surface area contributed by atoms with Gasteiger partial charge in [-0.15, -0.1) is 0 Å². The van der Waals surface area contributed by atoms with Gasteiger partial charge in [-0.3, -0.25) is 0 Å². The van der Waals surface area contributed by atoms with Gasteiger partial charge in [-0.05, 0) is 39.0 Å². The number of hydrogen-bond acceptors (Lipinski definition) is 4. The second-order valence-electron chi connectivity index (χ2n) is 4.62. The summed E-state index contributed by atoms with van der Waals surface area (Å²) in [6.07, 6.45) is -0.726. The van der Waals surface area contributed by atoms with Crippen molar-refractivity contribution in [2.24, 2.45) is 0 Å². The first kappa shape index (κ1) is 16.3. The molecule has 0 aliphatic heterocycles. The van der Waals surface area contributed by atoms with Crippen LogP contribution in [0.2, 0.25) is 5.02 Å². The monoisotopic (exact) mass is 306 g/mol. The van der Waals surface area contributed by atoms with E-state index in [1.54, 1.807) is 39.0 Å². The molecule has 0 aliphatic rings. The van der Waals surface area contributed by atoms with Crippen molar-refractivity contribution in [3.8, 4) is 5.75 Å². The van der Waals surface area contributed by atoms with E-state index >= 15 is 0 Å². The van der Waals surface area contributed by atoms with E-state index in [4.69, 9.17) is 16.3 Å². The lowest BCUT2D eigenvalue weighted by Gasteiger charge is -2.14. The van der Waals surface area contributed by atoms with Crippen LogP contribution in [-0.4, -0.2) is 31.1 Å². The van der Waals surface area contributed by atoms with Gasteiger partial charge in [0.2, 0.25) is 0 Å². The largest absolute Gasteiger partial charge is 0.492 e. The van der Waals surface area contributed by atoms with E-state index in [2.05, 4.69) is 0 Å². The number of sulfone groups is 1. The van der Waals surface area contributed by atoms with Crippen LogP contribution in [0.15, 0.2) is 18.2 Å². The van der Waals surface area contributed by atoms with Gasteiger partial charge in [0.05, 0.1) is 17.1 Å². The van der Waals surface area contributed by atoms with Crippen LogP contribution in [0.1, 0.15) is 32.4 Å². The van der Waals surface area contributed by atoms with Gasteiger partial charge in [-0.25, -0.2) is 8.42 Å². The normalized spacial score (nSPS) is 13.6. The lowest BCUT2D eigenvalue weighted by atomic mass is 10.1. The molecular weight excluding hydrogens is 288 g/mol. The minimum atomic E-state index is -3.12. The maximum absolute atomic E-state index is 11.6. The third kappa shape index (κ3) is 4.67. The number of aliphatic hydroxyl groups is 1. The number of benzene rings is 1. The topological polar surface area (TPSA) is 63.6 Å². The summed E-state index contributed by atoms with van der Waals surface area (Å²) >= 11 is 5.85. The van der Waals surface area contributed by atoms with Gasteiger partial charge in [-0.2, -0.15) is 0 Å². The van der Waals surface area contributed by atoms with E-state index in [0.717, 1.165) is 0 Å². The molecule has 0 heterocycles. The van der Waals surface area contributed by atoms with Crippen LogP contribution in [0.25, 0.3) is 0 Å². The van der Waals surface area contributed by atoms with Crippen LogP contribution in [0.3, 0.4) is 0 Å². The highest BCUT2D eigenvalue weighted by atomic mass is 35.5. The van der Waals surface area contributed by atoms with Crippen molar-refractivity contribution < 1.29 is 18.3 Å². The molecule has 19 heavy (non-hydrogen) atoms. The van der Waals surface area contributed by atoms with E-state index in [9.17, 15) is 13.5 Å². The number of aliphatic hydroxyl groups excluding tert-OH is 1. The van der Waals surface area contributed by atoms with Crippen molar-refractivity contribution in [1.82, 2.24) is 0 Å². The zero-order valence-corrected chi connectivity index (χ0v) is 12.8. The first-order valence-electron chi connectivity index (χ1n) is 6.06. The lowest BCUT2D eigenvalue weighted by molar-refractivity contribution is 0.192. The summed E-state index contributed by atoms with van der Waals surface area (Å²) < 4.78 is 28.7. The molecule has 6 heteroatoms. The minimum absolute atomic E-state index is 0.0491. The van der Waals surface area contributed by atoms with E-state index in [1.165, 1.54) is 0 Å². The molecular formula is C13H19ClO4S. The van der Waals surface area contributed by atoms with Crippen molar-refractivity contribution in [2.45, 2.75) is 32.1 Å². The van der Waals surface area contributed by atoms with E-state index in [1.807, 2.05) is 0 Å². The summed E-state index contributed by atoms with van der Waals surface area (Å²) in [5, 5.41) is 9.70. The standard InChI is InChI=1S/C13H19ClO4S/c1-9(2)19(16,17)7-6-18-13-5-4-11(14)8-12(13)10(3)15/h4-5,8-10,15H,6-7H2,1-3H3/t10-/m0/s1. The molecule has 0 saturated carbocycles. The summed E-state index contributed by atoms with van der Waals surface area (Å²) in [5.74, 6) is 0.408. The molecule has 1 aromatic carbocycles. The molecule has 1 aromatic rings. The first-order valence-corrected chi connectivity index (χ1v) is 8.15. The summed E-state index contributed by atoms with van der Waals surface area (Å²) in [7, 11) is -3.12. The van der Waals surface area contributed by atoms with Crippen LogP contribution in [-0.2, 0) is 9.84 Å². The second kappa shape index (κ2) is 6.59. The third-order valence-corrected chi connectivity index (χ3v) is 5.17. The molecule has 0 aliphatic carbocycles. The number of rotatable bonds is 6. The molecule has 4 nitrogen and oxygen atoms in total. The maximum atomic E-state index is 11.6. The second-order valence-corrected chi connectivity index (χ2v) is 7.74. The summed E-state index contributed by atoms with van der Waals surface area (Å²) in [6, 6.07) is 4.88.